The molecule has 18 aromatic rings. The molecule has 0 aliphatic carbocycles. The van der Waals surface area contributed by atoms with E-state index in [1.807, 2.05) is 0 Å². The molecule has 1 unspecified atom stereocenters. The fourth-order valence-electron chi connectivity index (χ4n) is 19.1. The quantitative estimate of drug-likeness (QED) is 0.135. The van der Waals surface area contributed by atoms with Crippen molar-refractivity contribution in [3.63, 3.8) is 0 Å². The maximum atomic E-state index is 6.59. The predicted octanol–water partition coefficient (Wildman–Crippen LogP) is 27.9. The van der Waals surface area contributed by atoms with Gasteiger partial charge in [-0.3, -0.25) is 0 Å². The summed E-state index contributed by atoms with van der Waals surface area (Å²) in [7, 11) is 0. The molecule has 6 heterocycles. The molecule has 113 heavy (non-hydrogen) atoms. The second-order valence-electron chi connectivity index (χ2n) is 34.9. The maximum absolute atomic E-state index is 6.59. The first-order valence-corrected chi connectivity index (χ1v) is 40.1. The van der Waals surface area contributed by atoms with E-state index >= 15 is 0 Å². The summed E-state index contributed by atoms with van der Waals surface area (Å²) in [5.74, 6) is 0.211. The second-order valence-corrected chi connectivity index (χ2v) is 34.9. The van der Waals surface area contributed by atoms with E-state index in [-0.39, 0.29) is 28.9 Å². The summed E-state index contributed by atoms with van der Waals surface area (Å²) in [6.07, 6.45) is 2.47. The van der Waals surface area contributed by atoms with E-state index in [9.17, 15) is 0 Å². The summed E-state index contributed by atoms with van der Waals surface area (Å²) in [6.45, 7) is 25.6. The second kappa shape index (κ2) is 25.3. The van der Waals surface area contributed by atoms with Crippen molar-refractivity contribution < 1.29 is 4.42 Å². The molecule has 0 fully saturated rings. The molecule has 3 aliphatic heterocycles. The van der Waals surface area contributed by atoms with E-state index in [2.05, 4.69) is 417 Å². The normalized spacial score (nSPS) is 14.2. The molecule has 5 nitrogen and oxygen atoms in total. The van der Waals surface area contributed by atoms with Crippen LogP contribution in [-0.2, 0) is 16.2 Å². The fraction of sp³-hybridized carbons (Fsp3) is 0.140. The van der Waals surface area contributed by atoms with Crippen molar-refractivity contribution >= 4 is 129 Å². The summed E-state index contributed by atoms with van der Waals surface area (Å²) in [6, 6.07) is 121. The molecule has 544 valence electrons. The molecular formula is C107H87BN4O. The number of rotatable bonds is 9. The minimum Gasteiger partial charge on any atom is -0.456 e. The molecule has 0 saturated heterocycles. The monoisotopic (exact) mass is 1450 g/mol. The van der Waals surface area contributed by atoms with Crippen molar-refractivity contribution in [2.75, 3.05) is 14.7 Å². The first-order valence-electron chi connectivity index (χ1n) is 40.1. The summed E-state index contributed by atoms with van der Waals surface area (Å²) < 4.78 is 9.10. The van der Waals surface area contributed by atoms with Crippen LogP contribution in [0.5, 0.6) is 0 Å². The lowest BCUT2D eigenvalue weighted by atomic mass is 9.33. The smallest absolute Gasteiger partial charge is 0.252 e. The largest absolute Gasteiger partial charge is 0.456 e. The summed E-state index contributed by atoms with van der Waals surface area (Å²) >= 11 is 0. The van der Waals surface area contributed by atoms with Gasteiger partial charge in [-0.2, -0.15) is 0 Å². The minimum atomic E-state index is -0.283. The highest BCUT2D eigenvalue weighted by Gasteiger charge is 2.47. The van der Waals surface area contributed by atoms with Crippen LogP contribution in [0.1, 0.15) is 104 Å². The van der Waals surface area contributed by atoms with Gasteiger partial charge in [0.05, 0.1) is 27.9 Å². The van der Waals surface area contributed by atoms with E-state index in [0.29, 0.717) is 0 Å². The molecule has 0 amide bonds. The van der Waals surface area contributed by atoms with Crippen molar-refractivity contribution in [2.45, 2.75) is 98.3 Å². The summed E-state index contributed by atoms with van der Waals surface area (Å²) in [4.78, 5) is 8.02. The number of nitrogens with zero attached hydrogens (tertiary/aromatic N) is 4. The van der Waals surface area contributed by atoms with Crippen LogP contribution in [0, 0.1) is 0 Å². The topological polar surface area (TPSA) is 27.3 Å². The van der Waals surface area contributed by atoms with E-state index in [0.717, 1.165) is 129 Å². The van der Waals surface area contributed by atoms with Crippen LogP contribution < -0.4 is 31.1 Å². The van der Waals surface area contributed by atoms with Crippen molar-refractivity contribution in [1.29, 1.82) is 0 Å². The highest BCUT2D eigenvalue weighted by atomic mass is 16.3. The van der Waals surface area contributed by atoms with Gasteiger partial charge >= 0.3 is 0 Å². The zero-order chi connectivity index (χ0) is 76.7. The highest BCUT2D eigenvalue weighted by Crippen LogP contribution is 2.57. The van der Waals surface area contributed by atoms with Crippen LogP contribution in [0.4, 0.5) is 45.5 Å². The van der Waals surface area contributed by atoms with Crippen LogP contribution in [-0.4, -0.2) is 11.1 Å². The number of fused-ring (bicyclic) bond motifs is 14. The number of para-hydroxylation sites is 3. The Kier molecular flexibility index (Phi) is 15.3. The molecule has 1 atom stereocenters. The average Bonchev–Trinajstić information content (AvgIpc) is 1.30. The van der Waals surface area contributed by atoms with Gasteiger partial charge in [-0.15, -0.1) is 0 Å². The van der Waals surface area contributed by atoms with E-state index in [1.54, 1.807) is 0 Å². The minimum absolute atomic E-state index is 0.0335. The summed E-state index contributed by atoms with van der Waals surface area (Å²) in [5.41, 5.74) is 37.7. The number of allylic oxidation sites excluding steroid dienone is 2. The Morgan fingerprint density at radius 3 is 1.33 bits per heavy atom. The first-order chi connectivity index (χ1) is 54.8. The third-order valence-corrected chi connectivity index (χ3v) is 24.8. The highest BCUT2D eigenvalue weighted by molar-refractivity contribution is 7.00. The number of benzene rings is 15. The molecule has 3 aliphatic rings. The van der Waals surface area contributed by atoms with Gasteiger partial charge < -0.3 is 23.5 Å². The molecule has 0 spiro atoms. The Hall–Kier alpha value is -12.9. The van der Waals surface area contributed by atoms with Crippen molar-refractivity contribution in [2.24, 2.45) is 0 Å². The van der Waals surface area contributed by atoms with E-state index in [1.165, 1.54) is 88.1 Å². The van der Waals surface area contributed by atoms with Crippen molar-refractivity contribution in [3.05, 3.63) is 349 Å². The molecule has 6 heteroatoms. The number of furan rings is 1. The predicted molar refractivity (Wildman–Crippen MR) is 482 cm³/mol. The molecule has 0 N–H and O–H groups in total. The standard InChI is InChI=1S/C107H87BN4O/c1-65-53-66(2)109(93-51-46-75(59-83(65)93)105(3,4)5)78-47-49-91-96(64-78)112(104-86(69-33-20-14-21-34-69)62-77(107(9,10)11)63-87(104)70-35-22-15-23-36-70)98-58-74(72-44-50-94-88(54-72)82-40-28-39-81-79-37-24-26-41-92(79)110(94)102(81)82)57-97-101(98)108(91)90-48-43-73(71-45-52-100-89(55-71)80-38-25-27-42-99(80)113-100)56-95(90)111(97)103-84(67-29-16-12-17-30-67)60-76(106(6,7)8)61-85(103)68-31-18-13-19-32-68/h12-65H,1-11H3. The average molecular weight is 1460 g/mol. The number of aromatic nitrogens is 1. The van der Waals surface area contributed by atoms with Gasteiger partial charge in [0.2, 0.25) is 0 Å². The van der Waals surface area contributed by atoms with Gasteiger partial charge in [-0.1, -0.05) is 294 Å². The van der Waals surface area contributed by atoms with Gasteiger partial charge in [0.1, 0.15) is 11.2 Å². The molecule has 3 aromatic heterocycles. The van der Waals surface area contributed by atoms with Crippen molar-refractivity contribution in [1.82, 2.24) is 4.40 Å². The lowest BCUT2D eigenvalue weighted by Gasteiger charge is -2.46. The first kappa shape index (κ1) is 68.2. The molecule has 0 radical (unpaired) electrons. The summed E-state index contributed by atoms with van der Waals surface area (Å²) in [5, 5.41) is 7.20. The fourth-order valence-corrected chi connectivity index (χ4v) is 19.1. The maximum Gasteiger partial charge on any atom is 0.252 e. The Morgan fingerprint density at radius 1 is 0.310 bits per heavy atom. The van der Waals surface area contributed by atoms with Crippen LogP contribution in [0.3, 0.4) is 0 Å². The third kappa shape index (κ3) is 10.8. The Balaban J connectivity index is 0.943. The lowest BCUT2D eigenvalue weighted by molar-refractivity contribution is 0.588. The molecule has 0 saturated carbocycles. The van der Waals surface area contributed by atoms with Gasteiger partial charge in [0, 0.05) is 100 Å². The third-order valence-electron chi connectivity index (χ3n) is 24.8. The number of hydrogen-bond acceptors (Lipinski definition) is 4. The van der Waals surface area contributed by atoms with Gasteiger partial charge in [0.25, 0.3) is 6.71 Å². The Morgan fingerprint density at radius 2 is 0.752 bits per heavy atom. The van der Waals surface area contributed by atoms with Gasteiger partial charge in [0.15, 0.2) is 0 Å². The van der Waals surface area contributed by atoms with Gasteiger partial charge in [-0.25, -0.2) is 0 Å². The van der Waals surface area contributed by atoms with Gasteiger partial charge in [-0.05, 0) is 203 Å². The number of hydrogen-bond donors (Lipinski definition) is 0. The Bertz CT molecular complexity index is 6840. The van der Waals surface area contributed by atoms with E-state index < -0.39 is 0 Å². The SMILES string of the molecule is CC1=CC(C)c2cc(C(C)(C)C)ccc2N1c1ccc2c(c1)N(c1c(-c3ccccc3)cc(C(C)(C)C)cc1-c1ccccc1)c1cc(-c3ccc4c(c3)c3cccc5c6ccccc6n4c53)cc3c1B2c1ccc(-c2ccc4oc5ccccc5c4c2)cc1N3c1c(-c2ccccc2)cc(C(C)(C)C)cc1-c1ccccc1. The van der Waals surface area contributed by atoms with Crippen LogP contribution in [0.2, 0.25) is 0 Å². The van der Waals surface area contributed by atoms with Crippen molar-refractivity contribution in [3.8, 4) is 66.8 Å². The zero-order valence-corrected chi connectivity index (χ0v) is 66.0. The van der Waals surface area contributed by atoms with E-state index in [4.69, 9.17) is 4.42 Å². The molecule has 15 aromatic carbocycles. The molecular weight excluding hydrogens is 1370 g/mol. The molecule has 21 rings (SSSR count). The zero-order valence-electron chi connectivity index (χ0n) is 66.0. The lowest BCUT2D eigenvalue weighted by Crippen LogP contribution is -2.61. The van der Waals surface area contributed by atoms with Crippen LogP contribution in [0.15, 0.2) is 332 Å². The van der Waals surface area contributed by atoms with Crippen LogP contribution >= 0.6 is 0 Å². The Labute approximate surface area is 662 Å². The van der Waals surface area contributed by atoms with Crippen LogP contribution in [0.25, 0.3) is 127 Å². The number of anilines is 8. The molecule has 0 bridgehead atoms.